The van der Waals surface area contributed by atoms with Gasteiger partial charge in [-0.2, -0.15) is 0 Å². The number of nitrogens with zero attached hydrogens (tertiary/aromatic N) is 3. The lowest BCUT2D eigenvalue weighted by Crippen LogP contribution is -2.15. The summed E-state index contributed by atoms with van der Waals surface area (Å²) in [6.07, 6.45) is 5.45. The Bertz CT molecular complexity index is 1010. The molecule has 0 amide bonds. The van der Waals surface area contributed by atoms with E-state index in [2.05, 4.69) is 27.4 Å². The second-order valence-corrected chi connectivity index (χ2v) is 6.48. The quantitative estimate of drug-likeness (QED) is 0.535. The molecule has 1 aromatic carbocycles. The Morgan fingerprint density at radius 3 is 2.52 bits per heavy atom. The highest BCUT2D eigenvalue weighted by atomic mass is 35.5. The minimum Gasteiger partial charge on any atom is -0.358 e. The predicted molar refractivity (Wildman–Crippen MR) is 101 cm³/mol. The highest BCUT2D eigenvalue weighted by Crippen LogP contribution is 2.28. The van der Waals surface area contributed by atoms with Crippen molar-refractivity contribution in [2.45, 2.75) is 6.04 Å². The van der Waals surface area contributed by atoms with Gasteiger partial charge in [-0.3, -0.25) is 0 Å². The summed E-state index contributed by atoms with van der Waals surface area (Å²) in [5, 5.41) is 4.75. The van der Waals surface area contributed by atoms with E-state index in [1.165, 1.54) is 0 Å². The van der Waals surface area contributed by atoms with Crippen molar-refractivity contribution in [3.05, 3.63) is 94.5 Å². The lowest BCUT2D eigenvalue weighted by Gasteiger charge is -2.20. The van der Waals surface area contributed by atoms with Crippen LogP contribution in [0, 0.1) is 0 Å². The zero-order chi connectivity index (χ0) is 17.2. The fraction of sp³-hybridized carbons (Fsp3) is 0.0526. The number of rotatable bonds is 4. The first-order valence-corrected chi connectivity index (χ1v) is 8.52. The molecule has 6 heteroatoms. The van der Waals surface area contributed by atoms with Crippen LogP contribution in [0.2, 0.25) is 10.0 Å². The van der Waals surface area contributed by atoms with Crippen LogP contribution in [0.1, 0.15) is 17.3 Å². The summed E-state index contributed by atoms with van der Waals surface area (Å²) >= 11 is 12.2. The van der Waals surface area contributed by atoms with Crippen molar-refractivity contribution in [3.63, 3.8) is 0 Å². The van der Waals surface area contributed by atoms with Crippen LogP contribution in [0.5, 0.6) is 0 Å². The van der Waals surface area contributed by atoms with Crippen LogP contribution in [-0.4, -0.2) is 14.4 Å². The Morgan fingerprint density at radius 2 is 1.72 bits per heavy atom. The molecule has 0 spiro atoms. The molecule has 1 N–H and O–H groups in total. The summed E-state index contributed by atoms with van der Waals surface area (Å²) in [4.78, 5) is 8.84. The highest BCUT2D eigenvalue weighted by molar-refractivity contribution is 6.31. The second-order valence-electron chi connectivity index (χ2n) is 5.60. The second kappa shape index (κ2) is 6.75. The van der Waals surface area contributed by atoms with Gasteiger partial charge in [0.05, 0.1) is 17.9 Å². The molecule has 0 saturated carbocycles. The molecule has 0 aliphatic carbocycles. The fourth-order valence-corrected chi connectivity index (χ4v) is 3.11. The first-order chi connectivity index (χ1) is 12.2. The smallest absolute Gasteiger partial charge is 0.138 e. The number of hydrogen-bond donors (Lipinski definition) is 1. The Hall–Kier alpha value is -2.56. The lowest BCUT2D eigenvalue weighted by molar-refractivity contribution is 0.861. The predicted octanol–water partition coefficient (Wildman–Crippen LogP) is 5.24. The topological polar surface area (TPSA) is 42.2 Å². The van der Waals surface area contributed by atoms with Gasteiger partial charge in [0.1, 0.15) is 11.5 Å². The molecule has 4 rings (SSSR count). The monoisotopic (exact) mass is 368 g/mol. The Balaban J connectivity index is 1.82. The summed E-state index contributed by atoms with van der Waals surface area (Å²) in [6.45, 7) is 0. The standard InChI is InChI=1S/C19H14Cl2N4/c20-14-6-8-22-17(10-14)24-19(13-4-2-1-3-5-13)16-12-23-18-11-15(21)7-9-25(16)18/h1-12,19H,(H,22,24). The van der Waals surface area contributed by atoms with Crippen LogP contribution in [0.4, 0.5) is 5.82 Å². The molecule has 0 aliphatic rings. The van der Waals surface area contributed by atoms with Crippen molar-refractivity contribution in [3.8, 4) is 0 Å². The minimum atomic E-state index is -0.136. The average molecular weight is 369 g/mol. The van der Waals surface area contributed by atoms with Crippen LogP contribution in [0.25, 0.3) is 5.65 Å². The van der Waals surface area contributed by atoms with Gasteiger partial charge in [-0.15, -0.1) is 0 Å². The van der Waals surface area contributed by atoms with Gasteiger partial charge in [-0.05, 0) is 29.8 Å². The number of aromatic nitrogens is 3. The van der Waals surface area contributed by atoms with E-state index in [0.29, 0.717) is 15.9 Å². The Morgan fingerprint density at radius 1 is 0.920 bits per heavy atom. The number of nitrogens with one attached hydrogen (secondary N) is 1. The molecule has 0 fully saturated rings. The van der Waals surface area contributed by atoms with Gasteiger partial charge in [-0.1, -0.05) is 53.5 Å². The first-order valence-electron chi connectivity index (χ1n) is 7.76. The first kappa shape index (κ1) is 15.9. The zero-order valence-corrected chi connectivity index (χ0v) is 14.6. The number of pyridine rings is 2. The molecule has 1 atom stereocenters. The molecule has 0 bridgehead atoms. The summed E-state index contributed by atoms with van der Waals surface area (Å²) in [5.74, 6) is 0.699. The molecule has 0 saturated heterocycles. The number of anilines is 1. The van der Waals surface area contributed by atoms with E-state index in [9.17, 15) is 0 Å². The van der Waals surface area contributed by atoms with E-state index < -0.39 is 0 Å². The number of hydrogen-bond acceptors (Lipinski definition) is 3. The Kier molecular flexibility index (Phi) is 4.30. The van der Waals surface area contributed by atoms with E-state index >= 15 is 0 Å². The third-order valence-electron chi connectivity index (χ3n) is 3.95. The van der Waals surface area contributed by atoms with Crippen LogP contribution < -0.4 is 5.32 Å². The summed E-state index contributed by atoms with van der Waals surface area (Å²) < 4.78 is 2.01. The normalized spacial score (nSPS) is 12.2. The highest BCUT2D eigenvalue weighted by Gasteiger charge is 2.19. The van der Waals surface area contributed by atoms with Crippen molar-refractivity contribution in [1.29, 1.82) is 0 Å². The molecular formula is C19H14Cl2N4. The summed E-state index contributed by atoms with van der Waals surface area (Å²) in [7, 11) is 0. The third kappa shape index (κ3) is 3.31. The largest absolute Gasteiger partial charge is 0.358 e. The van der Waals surface area contributed by atoms with Crippen molar-refractivity contribution in [2.24, 2.45) is 0 Å². The maximum Gasteiger partial charge on any atom is 0.138 e. The van der Waals surface area contributed by atoms with Crippen LogP contribution in [-0.2, 0) is 0 Å². The van der Waals surface area contributed by atoms with Crippen molar-refractivity contribution in [2.75, 3.05) is 5.32 Å². The number of imidazole rings is 1. The number of benzene rings is 1. The van der Waals surface area contributed by atoms with Gasteiger partial charge in [0, 0.05) is 22.4 Å². The van der Waals surface area contributed by atoms with E-state index in [4.69, 9.17) is 23.2 Å². The SMILES string of the molecule is Clc1ccnc(NC(c2ccccc2)c2cnc3cc(Cl)ccn23)c1. The summed E-state index contributed by atoms with van der Waals surface area (Å²) in [6, 6.07) is 17.2. The van der Waals surface area contributed by atoms with E-state index in [1.54, 1.807) is 18.3 Å². The van der Waals surface area contributed by atoms with Crippen molar-refractivity contribution < 1.29 is 0 Å². The van der Waals surface area contributed by atoms with E-state index in [0.717, 1.165) is 16.9 Å². The van der Waals surface area contributed by atoms with Gasteiger partial charge < -0.3 is 9.72 Å². The van der Waals surface area contributed by atoms with Crippen LogP contribution in [0.3, 0.4) is 0 Å². The zero-order valence-electron chi connectivity index (χ0n) is 13.1. The number of fused-ring (bicyclic) bond motifs is 1. The van der Waals surface area contributed by atoms with Crippen LogP contribution >= 0.6 is 23.2 Å². The van der Waals surface area contributed by atoms with Crippen molar-refractivity contribution >= 4 is 34.7 Å². The van der Waals surface area contributed by atoms with Gasteiger partial charge in [-0.25, -0.2) is 9.97 Å². The van der Waals surface area contributed by atoms with Gasteiger partial charge in [0.15, 0.2) is 0 Å². The average Bonchev–Trinajstić information content (AvgIpc) is 3.03. The molecule has 124 valence electrons. The van der Waals surface area contributed by atoms with Gasteiger partial charge in [0.2, 0.25) is 0 Å². The molecule has 4 aromatic rings. The molecule has 3 heterocycles. The molecule has 0 radical (unpaired) electrons. The van der Waals surface area contributed by atoms with E-state index in [-0.39, 0.29) is 6.04 Å². The number of halogens is 2. The van der Waals surface area contributed by atoms with E-state index in [1.807, 2.05) is 47.1 Å². The molecule has 0 aliphatic heterocycles. The Labute approximate surface area is 155 Å². The maximum atomic E-state index is 6.10. The molecule has 4 nitrogen and oxygen atoms in total. The molecular weight excluding hydrogens is 355 g/mol. The molecule has 3 aromatic heterocycles. The molecule has 1 unspecified atom stereocenters. The van der Waals surface area contributed by atoms with Crippen LogP contribution in [0.15, 0.2) is 73.2 Å². The summed E-state index contributed by atoms with van der Waals surface area (Å²) in [5.41, 5.74) is 2.88. The van der Waals surface area contributed by atoms with Gasteiger partial charge >= 0.3 is 0 Å². The minimum absolute atomic E-state index is 0.136. The molecule has 25 heavy (non-hydrogen) atoms. The third-order valence-corrected chi connectivity index (χ3v) is 4.42. The van der Waals surface area contributed by atoms with Gasteiger partial charge in [0.25, 0.3) is 0 Å². The fourth-order valence-electron chi connectivity index (χ4n) is 2.79. The lowest BCUT2D eigenvalue weighted by atomic mass is 10.0. The van der Waals surface area contributed by atoms with Crippen molar-refractivity contribution in [1.82, 2.24) is 14.4 Å². The maximum absolute atomic E-state index is 6.10.